The van der Waals surface area contributed by atoms with Crippen LogP contribution in [0.4, 0.5) is 24.7 Å². The molecule has 0 aliphatic heterocycles. The molecule has 0 atom stereocenters. The lowest BCUT2D eigenvalue weighted by molar-refractivity contribution is -0.137. The van der Waals surface area contributed by atoms with Crippen LogP contribution in [0, 0.1) is 6.92 Å². The standard InChI is InChI=1S/C23H21F3N6O/c1-14-7-8-16(31-22(33)17-5-3-4-6-18(17)23(24,25)26)11-15(14)9-10-32-13-30-19-20(27-2)28-12-29-21(19)32/h3-8,11-13H,9-10H2,1-2H3,(H,31,33)(H,27,28,29). The smallest absolute Gasteiger partial charge is 0.371 e. The number of anilines is 2. The topological polar surface area (TPSA) is 84.7 Å². The largest absolute Gasteiger partial charge is 0.417 e. The minimum Gasteiger partial charge on any atom is -0.371 e. The Balaban J connectivity index is 1.53. The van der Waals surface area contributed by atoms with E-state index < -0.39 is 23.2 Å². The minimum atomic E-state index is -4.61. The molecule has 1 amide bonds. The van der Waals surface area contributed by atoms with E-state index in [9.17, 15) is 18.0 Å². The van der Waals surface area contributed by atoms with Crippen molar-refractivity contribution < 1.29 is 18.0 Å². The maximum absolute atomic E-state index is 13.3. The molecule has 170 valence electrons. The summed E-state index contributed by atoms with van der Waals surface area (Å²) in [5.41, 5.74) is 2.34. The molecule has 0 fully saturated rings. The van der Waals surface area contributed by atoms with Gasteiger partial charge in [0.2, 0.25) is 0 Å². The van der Waals surface area contributed by atoms with Gasteiger partial charge in [-0.25, -0.2) is 15.0 Å². The van der Waals surface area contributed by atoms with Crippen molar-refractivity contribution >= 4 is 28.6 Å². The molecule has 2 aromatic carbocycles. The number of nitrogens with zero attached hydrogens (tertiary/aromatic N) is 4. The molecule has 4 rings (SSSR count). The Morgan fingerprint density at radius 1 is 1.09 bits per heavy atom. The lowest BCUT2D eigenvalue weighted by Gasteiger charge is -2.14. The number of fused-ring (bicyclic) bond motifs is 1. The van der Waals surface area contributed by atoms with Crippen LogP contribution in [0.5, 0.6) is 0 Å². The molecule has 0 saturated heterocycles. The van der Waals surface area contributed by atoms with Crippen molar-refractivity contribution in [2.45, 2.75) is 26.1 Å². The highest BCUT2D eigenvalue weighted by Crippen LogP contribution is 2.32. The molecule has 0 aliphatic carbocycles. The molecule has 0 aliphatic rings. The Labute approximate surface area is 187 Å². The number of alkyl halides is 3. The lowest BCUT2D eigenvalue weighted by Crippen LogP contribution is -2.18. The highest BCUT2D eigenvalue weighted by molar-refractivity contribution is 6.05. The van der Waals surface area contributed by atoms with Gasteiger partial charge in [0.15, 0.2) is 11.5 Å². The summed E-state index contributed by atoms with van der Waals surface area (Å²) in [6.45, 7) is 2.51. The number of rotatable bonds is 6. The Kier molecular flexibility index (Phi) is 5.99. The van der Waals surface area contributed by atoms with Gasteiger partial charge in [0.1, 0.15) is 11.8 Å². The Morgan fingerprint density at radius 2 is 1.88 bits per heavy atom. The zero-order valence-corrected chi connectivity index (χ0v) is 17.9. The Morgan fingerprint density at radius 3 is 2.64 bits per heavy atom. The van der Waals surface area contributed by atoms with E-state index in [0.717, 1.165) is 17.2 Å². The van der Waals surface area contributed by atoms with Crippen molar-refractivity contribution in [1.82, 2.24) is 19.5 Å². The number of amides is 1. The number of halogens is 3. The summed E-state index contributed by atoms with van der Waals surface area (Å²) in [5, 5.41) is 5.57. The van der Waals surface area contributed by atoms with E-state index in [2.05, 4.69) is 25.6 Å². The van der Waals surface area contributed by atoms with E-state index in [0.29, 0.717) is 35.6 Å². The molecule has 0 bridgehead atoms. The van der Waals surface area contributed by atoms with Gasteiger partial charge in [-0.3, -0.25) is 4.79 Å². The predicted octanol–water partition coefficient (Wildman–Crippen LogP) is 4.69. The molecule has 2 aromatic heterocycles. The first-order valence-electron chi connectivity index (χ1n) is 10.2. The molecule has 7 nitrogen and oxygen atoms in total. The molecule has 0 unspecified atom stereocenters. The number of carbonyl (C=O) groups excluding carboxylic acids is 1. The van der Waals surface area contributed by atoms with Gasteiger partial charge in [-0.1, -0.05) is 18.2 Å². The fraction of sp³-hybridized carbons (Fsp3) is 0.217. The van der Waals surface area contributed by atoms with Gasteiger partial charge < -0.3 is 15.2 Å². The van der Waals surface area contributed by atoms with Crippen LogP contribution in [0.3, 0.4) is 0 Å². The van der Waals surface area contributed by atoms with Crippen LogP contribution in [-0.2, 0) is 19.1 Å². The SMILES string of the molecule is CNc1ncnc2c1ncn2CCc1cc(NC(=O)c2ccccc2C(F)(F)F)ccc1C. The molecule has 10 heteroatoms. The average molecular weight is 454 g/mol. The molecule has 0 spiro atoms. The van der Waals surface area contributed by atoms with Gasteiger partial charge >= 0.3 is 6.18 Å². The molecular weight excluding hydrogens is 433 g/mol. The summed E-state index contributed by atoms with van der Waals surface area (Å²) in [5.74, 6) is -0.173. The fourth-order valence-electron chi connectivity index (χ4n) is 3.61. The zero-order valence-electron chi connectivity index (χ0n) is 17.9. The van der Waals surface area contributed by atoms with E-state index in [1.807, 2.05) is 17.6 Å². The third kappa shape index (κ3) is 4.64. The first-order chi connectivity index (χ1) is 15.8. The zero-order chi connectivity index (χ0) is 23.6. The second kappa shape index (κ2) is 8.89. The van der Waals surface area contributed by atoms with Crippen LogP contribution in [-0.4, -0.2) is 32.5 Å². The van der Waals surface area contributed by atoms with Gasteiger partial charge in [-0.2, -0.15) is 13.2 Å². The third-order valence-corrected chi connectivity index (χ3v) is 5.34. The number of nitrogens with one attached hydrogen (secondary N) is 2. The number of aryl methyl sites for hydroxylation is 3. The number of hydrogen-bond donors (Lipinski definition) is 2. The first-order valence-corrected chi connectivity index (χ1v) is 10.2. The Bertz CT molecular complexity index is 1320. The van der Waals surface area contributed by atoms with Crippen molar-refractivity contribution in [2.24, 2.45) is 0 Å². The maximum atomic E-state index is 13.3. The summed E-state index contributed by atoms with van der Waals surface area (Å²) >= 11 is 0. The second-order valence-electron chi connectivity index (χ2n) is 7.47. The van der Waals surface area contributed by atoms with E-state index in [-0.39, 0.29) is 0 Å². The molecule has 0 radical (unpaired) electrons. The normalized spacial score (nSPS) is 11.5. The van der Waals surface area contributed by atoms with Crippen LogP contribution < -0.4 is 10.6 Å². The quantitative estimate of drug-likeness (QED) is 0.442. The summed E-state index contributed by atoms with van der Waals surface area (Å²) in [4.78, 5) is 25.4. The van der Waals surface area contributed by atoms with Gasteiger partial charge in [0.25, 0.3) is 5.91 Å². The van der Waals surface area contributed by atoms with Crippen LogP contribution in [0.15, 0.2) is 55.1 Å². The first kappa shape index (κ1) is 22.3. The molecule has 2 heterocycles. The van der Waals surface area contributed by atoms with Crippen molar-refractivity contribution in [3.63, 3.8) is 0 Å². The van der Waals surface area contributed by atoms with Crippen LogP contribution in [0.25, 0.3) is 11.2 Å². The van der Waals surface area contributed by atoms with E-state index in [1.54, 1.807) is 25.5 Å². The molecule has 2 N–H and O–H groups in total. The number of carbonyl (C=O) groups is 1. The molecule has 4 aromatic rings. The summed E-state index contributed by atoms with van der Waals surface area (Å²) < 4.78 is 41.7. The van der Waals surface area contributed by atoms with Gasteiger partial charge in [-0.05, 0) is 48.7 Å². The maximum Gasteiger partial charge on any atom is 0.417 e. The molecule has 33 heavy (non-hydrogen) atoms. The number of hydrogen-bond acceptors (Lipinski definition) is 5. The third-order valence-electron chi connectivity index (χ3n) is 5.34. The van der Waals surface area contributed by atoms with Crippen LogP contribution in [0.1, 0.15) is 27.0 Å². The van der Waals surface area contributed by atoms with Gasteiger partial charge in [-0.15, -0.1) is 0 Å². The predicted molar refractivity (Wildman–Crippen MR) is 119 cm³/mol. The average Bonchev–Trinajstić information content (AvgIpc) is 3.22. The summed E-state index contributed by atoms with van der Waals surface area (Å²) in [7, 11) is 1.76. The fourth-order valence-corrected chi connectivity index (χ4v) is 3.61. The van der Waals surface area contributed by atoms with Crippen LogP contribution >= 0.6 is 0 Å². The monoisotopic (exact) mass is 454 g/mol. The van der Waals surface area contributed by atoms with Crippen molar-refractivity contribution in [2.75, 3.05) is 17.7 Å². The molecular formula is C23H21F3N6O. The van der Waals surface area contributed by atoms with E-state index >= 15 is 0 Å². The summed E-state index contributed by atoms with van der Waals surface area (Å²) in [6, 6.07) is 10.0. The van der Waals surface area contributed by atoms with Gasteiger partial charge in [0.05, 0.1) is 17.5 Å². The minimum absolute atomic E-state index is 0.419. The van der Waals surface area contributed by atoms with Gasteiger partial charge in [0, 0.05) is 19.3 Å². The Hall–Kier alpha value is -3.95. The summed E-state index contributed by atoms with van der Waals surface area (Å²) in [6.07, 6.45) is -0.850. The van der Waals surface area contributed by atoms with Crippen molar-refractivity contribution in [3.05, 3.63) is 77.4 Å². The second-order valence-corrected chi connectivity index (χ2v) is 7.47. The van der Waals surface area contributed by atoms with E-state index in [1.165, 1.54) is 24.5 Å². The lowest BCUT2D eigenvalue weighted by atomic mass is 10.0. The number of imidazole rings is 1. The van der Waals surface area contributed by atoms with E-state index in [4.69, 9.17) is 0 Å². The number of benzene rings is 2. The highest BCUT2D eigenvalue weighted by Gasteiger charge is 2.34. The van der Waals surface area contributed by atoms with Crippen LogP contribution in [0.2, 0.25) is 0 Å². The van der Waals surface area contributed by atoms with Crippen molar-refractivity contribution in [1.29, 1.82) is 0 Å². The van der Waals surface area contributed by atoms with Crippen molar-refractivity contribution in [3.8, 4) is 0 Å². The highest BCUT2D eigenvalue weighted by atomic mass is 19.4. The number of aromatic nitrogens is 4. The molecule has 0 saturated carbocycles.